The Morgan fingerprint density at radius 2 is 1.88 bits per heavy atom. The third-order valence-corrected chi connectivity index (χ3v) is 6.64. The summed E-state index contributed by atoms with van der Waals surface area (Å²) in [6, 6.07) is 11.5. The topological polar surface area (TPSA) is 83.8 Å². The summed E-state index contributed by atoms with van der Waals surface area (Å²) in [6.07, 6.45) is 1.84. The zero-order valence-electron chi connectivity index (χ0n) is 19.8. The number of amides is 1. The van der Waals surface area contributed by atoms with Gasteiger partial charge in [0.25, 0.3) is 0 Å². The molecule has 1 N–H and O–H groups in total. The fourth-order valence-corrected chi connectivity index (χ4v) is 4.70. The maximum absolute atomic E-state index is 12.8. The molecule has 1 amide bonds. The number of rotatable bonds is 9. The van der Waals surface area contributed by atoms with Crippen LogP contribution >= 0.6 is 11.8 Å². The maximum Gasteiger partial charge on any atom is 0.233 e. The minimum Gasteiger partial charge on any atom is -0.493 e. The molecular formula is C25H29N3O5S. The van der Waals surface area contributed by atoms with Crippen molar-refractivity contribution in [2.45, 2.75) is 37.3 Å². The third kappa shape index (κ3) is 5.09. The summed E-state index contributed by atoms with van der Waals surface area (Å²) in [5, 5.41) is 3.47. The number of nitrogens with zero attached hydrogens (tertiary/aromatic N) is 2. The van der Waals surface area contributed by atoms with Crippen molar-refractivity contribution < 1.29 is 23.7 Å². The molecule has 0 saturated carbocycles. The monoisotopic (exact) mass is 483 g/mol. The van der Waals surface area contributed by atoms with Crippen LogP contribution in [0.2, 0.25) is 0 Å². The lowest BCUT2D eigenvalue weighted by Crippen LogP contribution is -2.30. The zero-order chi connectivity index (χ0) is 24.1. The van der Waals surface area contributed by atoms with E-state index >= 15 is 0 Å². The predicted octanol–water partition coefficient (Wildman–Crippen LogP) is 4.16. The number of methoxy groups -OCH3 is 2. The van der Waals surface area contributed by atoms with Gasteiger partial charge >= 0.3 is 0 Å². The Morgan fingerprint density at radius 3 is 2.62 bits per heavy atom. The minimum absolute atomic E-state index is 0.0636. The second-order valence-corrected chi connectivity index (χ2v) is 9.00. The van der Waals surface area contributed by atoms with Crippen LogP contribution in [0.1, 0.15) is 19.4 Å². The highest BCUT2D eigenvalue weighted by Gasteiger charge is 2.20. The highest BCUT2D eigenvalue weighted by molar-refractivity contribution is 8.00. The molecule has 4 rings (SSSR count). The highest BCUT2D eigenvalue weighted by Crippen LogP contribution is 2.36. The molecule has 34 heavy (non-hydrogen) atoms. The smallest absolute Gasteiger partial charge is 0.233 e. The fourth-order valence-electron chi connectivity index (χ4n) is 3.73. The number of imidazole rings is 1. The first kappa shape index (κ1) is 23.8. The first-order valence-electron chi connectivity index (χ1n) is 11.1. The first-order chi connectivity index (χ1) is 16.5. The van der Waals surface area contributed by atoms with Crippen LogP contribution in [0.15, 0.2) is 47.8 Å². The number of carbonyl (C=O) groups excluding carboxylic acids is 1. The van der Waals surface area contributed by atoms with Gasteiger partial charge in [-0.15, -0.1) is 0 Å². The van der Waals surface area contributed by atoms with E-state index in [4.69, 9.17) is 18.9 Å². The number of ether oxygens (including phenoxy) is 4. The molecule has 1 aliphatic rings. The Hall–Kier alpha value is -3.33. The van der Waals surface area contributed by atoms with Gasteiger partial charge in [0.15, 0.2) is 28.2 Å². The van der Waals surface area contributed by atoms with Crippen molar-refractivity contribution in [3.05, 3.63) is 48.2 Å². The Balaban J connectivity index is 1.42. The van der Waals surface area contributed by atoms with Crippen LogP contribution in [0, 0.1) is 0 Å². The number of aromatic nitrogens is 2. The molecule has 0 saturated heterocycles. The van der Waals surface area contributed by atoms with Crippen LogP contribution in [-0.2, 0) is 17.9 Å². The van der Waals surface area contributed by atoms with Crippen LogP contribution in [0.25, 0.3) is 11.3 Å². The van der Waals surface area contributed by atoms with E-state index in [2.05, 4.69) is 21.8 Å². The van der Waals surface area contributed by atoms with Crippen molar-refractivity contribution >= 4 is 17.7 Å². The lowest BCUT2D eigenvalue weighted by atomic mass is 10.1. The van der Waals surface area contributed by atoms with E-state index < -0.39 is 0 Å². The molecule has 0 radical (unpaired) electrons. The zero-order valence-corrected chi connectivity index (χ0v) is 20.6. The second-order valence-electron chi connectivity index (χ2n) is 7.70. The minimum atomic E-state index is -0.319. The van der Waals surface area contributed by atoms with Gasteiger partial charge in [-0.1, -0.05) is 17.8 Å². The lowest BCUT2D eigenvalue weighted by Gasteiger charge is -2.19. The number of hydrogen-bond acceptors (Lipinski definition) is 7. The molecule has 1 aromatic heterocycles. The van der Waals surface area contributed by atoms with Crippen molar-refractivity contribution in [2.75, 3.05) is 27.4 Å². The predicted molar refractivity (Wildman–Crippen MR) is 131 cm³/mol. The van der Waals surface area contributed by atoms with E-state index in [0.717, 1.165) is 40.0 Å². The van der Waals surface area contributed by atoms with E-state index in [1.54, 1.807) is 14.2 Å². The van der Waals surface area contributed by atoms with Crippen molar-refractivity contribution in [1.29, 1.82) is 0 Å². The molecule has 0 fully saturated rings. The summed E-state index contributed by atoms with van der Waals surface area (Å²) in [7, 11) is 3.19. The van der Waals surface area contributed by atoms with Gasteiger partial charge < -0.3 is 28.8 Å². The Kier molecular flexibility index (Phi) is 7.52. The Labute approximate surface area is 203 Å². The summed E-state index contributed by atoms with van der Waals surface area (Å²) >= 11 is 1.44. The quantitative estimate of drug-likeness (QED) is 0.458. The van der Waals surface area contributed by atoms with Crippen LogP contribution in [0.4, 0.5) is 0 Å². The molecule has 180 valence electrons. The molecule has 1 unspecified atom stereocenters. The maximum atomic E-state index is 12.8. The average Bonchev–Trinajstić information content (AvgIpc) is 3.28. The summed E-state index contributed by atoms with van der Waals surface area (Å²) < 4.78 is 24.1. The molecule has 1 atom stereocenters. The second kappa shape index (κ2) is 10.7. The molecule has 0 bridgehead atoms. The third-order valence-electron chi connectivity index (χ3n) is 5.54. The number of fused-ring (bicyclic) bond motifs is 1. The van der Waals surface area contributed by atoms with E-state index in [9.17, 15) is 4.79 Å². The lowest BCUT2D eigenvalue weighted by molar-refractivity contribution is -0.120. The van der Waals surface area contributed by atoms with Gasteiger partial charge in [0.1, 0.15) is 13.2 Å². The van der Waals surface area contributed by atoms with Gasteiger partial charge in [-0.05, 0) is 49.7 Å². The average molecular weight is 484 g/mol. The van der Waals surface area contributed by atoms with Crippen molar-refractivity contribution in [2.24, 2.45) is 0 Å². The molecule has 9 heteroatoms. The fraction of sp³-hybridized carbons (Fsp3) is 0.360. The summed E-state index contributed by atoms with van der Waals surface area (Å²) in [5.74, 6) is 2.72. The molecule has 0 aliphatic carbocycles. The summed E-state index contributed by atoms with van der Waals surface area (Å²) in [5.41, 5.74) is 2.90. The van der Waals surface area contributed by atoms with Gasteiger partial charge in [0.2, 0.25) is 5.91 Å². The van der Waals surface area contributed by atoms with Crippen molar-refractivity contribution in [3.63, 3.8) is 0 Å². The molecule has 2 heterocycles. The van der Waals surface area contributed by atoms with Crippen LogP contribution in [0.3, 0.4) is 0 Å². The molecule has 8 nitrogen and oxygen atoms in total. The van der Waals surface area contributed by atoms with E-state index in [1.807, 2.05) is 49.5 Å². The van der Waals surface area contributed by atoms with Gasteiger partial charge in [-0.2, -0.15) is 0 Å². The van der Waals surface area contributed by atoms with Gasteiger partial charge in [0.05, 0.1) is 31.4 Å². The molecular weight excluding hydrogens is 454 g/mol. The molecule has 1 aliphatic heterocycles. The van der Waals surface area contributed by atoms with Crippen molar-refractivity contribution in [3.8, 4) is 34.3 Å². The normalized spacial score (nSPS) is 13.3. The molecule has 0 spiro atoms. The van der Waals surface area contributed by atoms with Gasteiger partial charge in [-0.25, -0.2) is 4.98 Å². The first-order valence-corrected chi connectivity index (χ1v) is 12.0. The number of nitrogens with one attached hydrogen (secondary N) is 1. The largest absolute Gasteiger partial charge is 0.493 e. The summed E-state index contributed by atoms with van der Waals surface area (Å²) in [4.78, 5) is 17.4. The van der Waals surface area contributed by atoms with E-state index in [-0.39, 0.29) is 11.2 Å². The van der Waals surface area contributed by atoms with Crippen LogP contribution in [0.5, 0.6) is 23.0 Å². The van der Waals surface area contributed by atoms with Crippen LogP contribution < -0.4 is 24.3 Å². The molecule has 2 aromatic carbocycles. The van der Waals surface area contributed by atoms with E-state index in [0.29, 0.717) is 31.3 Å². The summed E-state index contributed by atoms with van der Waals surface area (Å²) in [6.45, 7) is 6.18. The Bertz CT molecular complexity index is 1160. The molecule has 3 aromatic rings. The SMILES string of the molecule is CCn1c(-c2ccc3c(c2)OCCO3)cnc1SC(C)C(=O)NCc1ccc(OC)c(OC)c1. The van der Waals surface area contributed by atoms with Gasteiger partial charge in [0, 0.05) is 18.7 Å². The van der Waals surface area contributed by atoms with Crippen molar-refractivity contribution in [1.82, 2.24) is 14.9 Å². The standard InChI is InChI=1S/C25H29N3O5S/c1-5-28-19(18-7-9-21-23(13-18)33-11-10-32-21)15-27-25(28)34-16(2)24(29)26-14-17-6-8-20(30-3)22(12-17)31-4/h6-9,12-13,15-16H,5,10-11,14H2,1-4H3,(H,26,29). The number of hydrogen-bond donors (Lipinski definition) is 1. The Morgan fingerprint density at radius 1 is 1.12 bits per heavy atom. The highest BCUT2D eigenvalue weighted by atomic mass is 32.2. The number of benzene rings is 2. The van der Waals surface area contributed by atoms with Crippen LogP contribution in [-0.4, -0.2) is 48.1 Å². The number of thioether (sulfide) groups is 1. The van der Waals surface area contributed by atoms with Gasteiger partial charge in [-0.3, -0.25) is 4.79 Å². The van der Waals surface area contributed by atoms with E-state index in [1.165, 1.54) is 11.8 Å². The number of carbonyl (C=O) groups is 1.